The van der Waals surface area contributed by atoms with Gasteiger partial charge in [-0.2, -0.15) is 0 Å². The second-order valence-corrected chi connectivity index (χ2v) is 6.11. The molecule has 2 atom stereocenters. The van der Waals surface area contributed by atoms with Crippen molar-refractivity contribution in [2.45, 2.75) is 24.9 Å². The monoisotopic (exact) mass is 239 g/mol. The number of carboxylic acids is 2. The summed E-state index contributed by atoms with van der Waals surface area (Å²) in [6, 6.07) is 0. The molecule has 0 aliphatic heterocycles. The summed E-state index contributed by atoms with van der Waals surface area (Å²) in [4.78, 5) is 30.5. The van der Waals surface area contributed by atoms with Crippen LogP contribution in [-0.2, 0) is 14.2 Å². The minimum Gasteiger partial charge on any atom is -0.481 e. The van der Waals surface area contributed by atoms with Gasteiger partial charge in [0, 0.05) is 6.42 Å². The first-order valence-corrected chi connectivity index (χ1v) is 5.99. The highest BCUT2D eigenvalue weighted by atomic mass is 31.2. The summed E-state index contributed by atoms with van der Waals surface area (Å²) in [5.74, 6) is -2.74. The van der Waals surface area contributed by atoms with Gasteiger partial charge in [0.2, 0.25) is 7.37 Å². The third-order valence-electron chi connectivity index (χ3n) is 2.31. The third kappa shape index (κ3) is 3.02. The Morgan fingerprint density at radius 2 is 1.87 bits per heavy atom. The molecule has 0 aliphatic rings. The van der Waals surface area contributed by atoms with E-state index in [0.29, 0.717) is 0 Å². The average Bonchev–Trinajstić information content (AvgIpc) is 2.13. The second-order valence-electron chi connectivity index (χ2n) is 3.36. The van der Waals surface area contributed by atoms with Crippen molar-refractivity contribution in [3.63, 3.8) is 0 Å². The SMILES string of the molecule is CC(CCC(=O)O)(C(=O)O)P(=O)(O)CN. The smallest absolute Gasteiger partial charge is 0.319 e. The van der Waals surface area contributed by atoms with E-state index in [1.165, 1.54) is 0 Å². The molecule has 0 heterocycles. The van der Waals surface area contributed by atoms with Crippen molar-refractivity contribution in [3.8, 4) is 0 Å². The average molecular weight is 239 g/mol. The zero-order chi connectivity index (χ0) is 12.3. The largest absolute Gasteiger partial charge is 0.481 e. The van der Waals surface area contributed by atoms with E-state index in [1.807, 2.05) is 0 Å². The number of rotatable bonds is 6. The Morgan fingerprint density at radius 1 is 1.40 bits per heavy atom. The van der Waals surface area contributed by atoms with Gasteiger partial charge < -0.3 is 20.8 Å². The van der Waals surface area contributed by atoms with Crippen LogP contribution in [0, 0.1) is 0 Å². The molecule has 0 rings (SSSR count). The van der Waals surface area contributed by atoms with E-state index in [0.717, 1.165) is 6.92 Å². The lowest BCUT2D eigenvalue weighted by Gasteiger charge is -2.28. The highest BCUT2D eigenvalue weighted by molar-refractivity contribution is 7.60. The minimum atomic E-state index is -4.09. The Kier molecular flexibility index (Phi) is 4.45. The lowest BCUT2D eigenvalue weighted by molar-refractivity contribution is -0.141. The van der Waals surface area contributed by atoms with Gasteiger partial charge in [-0.3, -0.25) is 14.2 Å². The van der Waals surface area contributed by atoms with Crippen LogP contribution < -0.4 is 5.73 Å². The number of carbonyl (C=O) groups is 2. The van der Waals surface area contributed by atoms with Gasteiger partial charge in [0.25, 0.3) is 0 Å². The van der Waals surface area contributed by atoms with Crippen LogP contribution in [0.15, 0.2) is 0 Å². The summed E-state index contributed by atoms with van der Waals surface area (Å²) in [5.41, 5.74) is 5.01. The second kappa shape index (κ2) is 4.74. The highest BCUT2D eigenvalue weighted by Gasteiger charge is 2.48. The molecule has 0 aliphatic carbocycles. The van der Waals surface area contributed by atoms with Crippen LogP contribution in [0.3, 0.4) is 0 Å². The van der Waals surface area contributed by atoms with Gasteiger partial charge in [0.1, 0.15) is 5.16 Å². The number of hydrogen-bond donors (Lipinski definition) is 4. The third-order valence-corrected chi connectivity index (χ3v) is 4.76. The summed E-state index contributed by atoms with van der Waals surface area (Å²) in [7, 11) is -4.09. The van der Waals surface area contributed by atoms with Crippen molar-refractivity contribution in [3.05, 3.63) is 0 Å². The van der Waals surface area contributed by atoms with Gasteiger partial charge in [-0.1, -0.05) is 0 Å². The molecule has 8 heteroatoms. The molecular formula is C7H14NO6P. The van der Waals surface area contributed by atoms with E-state index in [1.54, 1.807) is 0 Å². The molecule has 15 heavy (non-hydrogen) atoms. The highest BCUT2D eigenvalue weighted by Crippen LogP contribution is 2.55. The first-order chi connectivity index (χ1) is 6.67. The minimum absolute atomic E-state index is 0.428. The molecule has 0 amide bonds. The van der Waals surface area contributed by atoms with E-state index in [-0.39, 0.29) is 0 Å². The van der Waals surface area contributed by atoms with E-state index in [9.17, 15) is 19.0 Å². The Morgan fingerprint density at radius 3 is 2.13 bits per heavy atom. The van der Waals surface area contributed by atoms with E-state index in [4.69, 9.17) is 15.9 Å². The summed E-state index contributed by atoms with van der Waals surface area (Å²) in [6.07, 6.45) is -1.61. The van der Waals surface area contributed by atoms with Gasteiger partial charge in [-0.05, 0) is 13.3 Å². The maximum absolute atomic E-state index is 11.5. The lowest BCUT2D eigenvalue weighted by Crippen LogP contribution is -2.37. The molecule has 0 bridgehead atoms. The van der Waals surface area contributed by atoms with Gasteiger partial charge in [-0.15, -0.1) is 0 Å². The number of nitrogens with two attached hydrogens (primary N) is 1. The molecule has 0 radical (unpaired) electrons. The number of aliphatic carboxylic acids is 2. The lowest BCUT2D eigenvalue weighted by atomic mass is 10.1. The van der Waals surface area contributed by atoms with Gasteiger partial charge in [0.15, 0.2) is 0 Å². The van der Waals surface area contributed by atoms with Crippen molar-refractivity contribution in [2.24, 2.45) is 5.73 Å². The van der Waals surface area contributed by atoms with Crippen molar-refractivity contribution in [1.29, 1.82) is 0 Å². The zero-order valence-electron chi connectivity index (χ0n) is 8.21. The van der Waals surface area contributed by atoms with Crippen molar-refractivity contribution >= 4 is 19.3 Å². The molecule has 0 spiro atoms. The van der Waals surface area contributed by atoms with Crippen LogP contribution in [0.1, 0.15) is 19.8 Å². The molecule has 5 N–H and O–H groups in total. The normalized spacial score (nSPS) is 18.9. The fourth-order valence-electron chi connectivity index (χ4n) is 0.983. The van der Waals surface area contributed by atoms with Gasteiger partial charge >= 0.3 is 11.9 Å². The summed E-state index contributed by atoms with van der Waals surface area (Å²) < 4.78 is 11.5. The van der Waals surface area contributed by atoms with Gasteiger partial charge in [0.05, 0.1) is 6.29 Å². The quantitative estimate of drug-likeness (QED) is 0.474. The molecule has 0 aromatic heterocycles. The fraction of sp³-hybridized carbons (Fsp3) is 0.714. The topological polar surface area (TPSA) is 138 Å². The van der Waals surface area contributed by atoms with E-state index >= 15 is 0 Å². The molecule has 0 aromatic rings. The maximum Gasteiger partial charge on any atom is 0.319 e. The van der Waals surface area contributed by atoms with Crippen molar-refractivity contribution in [1.82, 2.24) is 0 Å². The van der Waals surface area contributed by atoms with Crippen LogP contribution in [0.2, 0.25) is 0 Å². The zero-order valence-corrected chi connectivity index (χ0v) is 9.11. The van der Waals surface area contributed by atoms with Crippen LogP contribution in [0.4, 0.5) is 0 Å². The molecule has 7 nitrogen and oxygen atoms in total. The Balaban J connectivity index is 4.99. The summed E-state index contributed by atoms with van der Waals surface area (Å²) >= 11 is 0. The van der Waals surface area contributed by atoms with E-state index in [2.05, 4.69) is 0 Å². The van der Waals surface area contributed by atoms with Crippen LogP contribution in [0.25, 0.3) is 0 Å². The first kappa shape index (κ1) is 14.1. The molecule has 0 aromatic carbocycles. The maximum atomic E-state index is 11.5. The van der Waals surface area contributed by atoms with Crippen LogP contribution >= 0.6 is 7.37 Å². The molecule has 0 saturated carbocycles. The standard InChI is InChI=1S/C7H14NO6P/c1-7(6(11)12,3-2-5(9)10)15(13,14)4-8/h2-4,8H2,1H3,(H,9,10)(H,11,12)(H,13,14). The van der Waals surface area contributed by atoms with Gasteiger partial charge in [-0.25, -0.2) is 0 Å². The molecule has 2 unspecified atom stereocenters. The van der Waals surface area contributed by atoms with Crippen LogP contribution in [-0.4, -0.2) is 38.5 Å². The van der Waals surface area contributed by atoms with Crippen LogP contribution in [0.5, 0.6) is 0 Å². The Bertz CT molecular complexity index is 317. The molecule has 88 valence electrons. The summed E-state index contributed by atoms with van der Waals surface area (Å²) in [5, 5.41) is 15.2. The number of hydrogen-bond acceptors (Lipinski definition) is 4. The molecule has 0 saturated heterocycles. The predicted molar refractivity (Wildman–Crippen MR) is 51.8 cm³/mol. The van der Waals surface area contributed by atoms with E-state index < -0.39 is 43.6 Å². The first-order valence-electron chi connectivity index (χ1n) is 4.14. The fourth-order valence-corrected chi connectivity index (χ4v) is 2.15. The Labute approximate surface area is 86.4 Å². The molecule has 0 fully saturated rings. The summed E-state index contributed by atoms with van der Waals surface area (Å²) in [6.45, 7) is 1.03. The number of carboxylic acid groups (broad SMARTS) is 2. The predicted octanol–water partition coefficient (Wildman–Crippen LogP) is -0.119. The molecular weight excluding hydrogens is 225 g/mol. The van der Waals surface area contributed by atoms with Crippen molar-refractivity contribution < 1.29 is 29.3 Å². The Hall–Kier alpha value is -0.910. The van der Waals surface area contributed by atoms with Crippen molar-refractivity contribution in [2.75, 3.05) is 6.29 Å².